The highest BCUT2D eigenvalue weighted by Gasteiger charge is 2.28. The van der Waals surface area contributed by atoms with Gasteiger partial charge in [-0.2, -0.15) is 5.26 Å². The van der Waals surface area contributed by atoms with Crippen molar-refractivity contribution in [1.82, 2.24) is 10.6 Å². The average Bonchev–Trinajstić information content (AvgIpc) is 2.42. The molecule has 0 saturated heterocycles. The third-order valence-electron chi connectivity index (χ3n) is 3.93. The standard InChI is InChI=1S/C17H31N3O2/c1-16(2,3)22-15(21)19-10-13-8-6-7-9-14(13)20-12-17(4,5)11-18/h13-14,20H,6-10,12H2,1-5H3,(H,19,21). The third-order valence-corrected chi connectivity index (χ3v) is 3.93. The van der Waals surface area contributed by atoms with Gasteiger partial charge in [0.15, 0.2) is 0 Å². The van der Waals surface area contributed by atoms with Crippen LogP contribution in [0.15, 0.2) is 0 Å². The minimum absolute atomic E-state index is 0.353. The molecule has 0 aromatic carbocycles. The smallest absolute Gasteiger partial charge is 0.407 e. The highest BCUT2D eigenvalue weighted by atomic mass is 16.6. The topological polar surface area (TPSA) is 74.2 Å². The van der Waals surface area contributed by atoms with E-state index >= 15 is 0 Å². The van der Waals surface area contributed by atoms with Crippen molar-refractivity contribution in [3.63, 3.8) is 0 Å². The minimum Gasteiger partial charge on any atom is -0.444 e. The molecule has 2 atom stereocenters. The molecule has 0 bridgehead atoms. The number of nitrogens with one attached hydrogen (secondary N) is 2. The molecule has 2 unspecified atom stereocenters. The van der Waals surface area contributed by atoms with Crippen molar-refractivity contribution in [2.24, 2.45) is 11.3 Å². The van der Waals surface area contributed by atoms with Crippen LogP contribution in [0.1, 0.15) is 60.3 Å². The lowest BCUT2D eigenvalue weighted by atomic mass is 9.83. The normalized spacial score (nSPS) is 22.7. The number of amides is 1. The van der Waals surface area contributed by atoms with Crippen molar-refractivity contribution >= 4 is 6.09 Å². The summed E-state index contributed by atoms with van der Waals surface area (Å²) in [5.74, 6) is 0.399. The number of hydrogen-bond donors (Lipinski definition) is 2. The number of nitrogens with zero attached hydrogens (tertiary/aromatic N) is 1. The van der Waals surface area contributed by atoms with Gasteiger partial charge in [-0.05, 0) is 53.4 Å². The molecule has 0 heterocycles. The molecule has 0 aromatic rings. The summed E-state index contributed by atoms with van der Waals surface area (Å²) in [4.78, 5) is 11.8. The van der Waals surface area contributed by atoms with Gasteiger partial charge in [-0.25, -0.2) is 4.79 Å². The molecule has 1 rings (SSSR count). The second-order valence-corrected chi connectivity index (χ2v) is 7.91. The third kappa shape index (κ3) is 7.13. The Bertz CT molecular complexity index is 407. The van der Waals surface area contributed by atoms with Gasteiger partial charge in [-0.3, -0.25) is 0 Å². The van der Waals surface area contributed by atoms with Crippen molar-refractivity contribution in [3.05, 3.63) is 0 Å². The zero-order valence-electron chi connectivity index (χ0n) is 14.7. The van der Waals surface area contributed by atoms with E-state index in [1.165, 1.54) is 12.8 Å². The Kier molecular flexibility index (Phi) is 6.67. The zero-order valence-corrected chi connectivity index (χ0v) is 14.7. The molecule has 0 spiro atoms. The lowest BCUT2D eigenvalue weighted by Gasteiger charge is -2.34. The molecular weight excluding hydrogens is 278 g/mol. The van der Waals surface area contributed by atoms with Crippen molar-refractivity contribution in [2.45, 2.75) is 71.9 Å². The molecule has 0 aromatic heterocycles. The van der Waals surface area contributed by atoms with E-state index in [1.54, 1.807) is 0 Å². The van der Waals surface area contributed by atoms with Crippen molar-refractivity contribution in [1.29, 1.82) is 5.26 Å². The van der Waals surface area contributed by atoms with Gasteiger partial charge >= 0.3 is 6.09 Å². The molecule has 0 radical (unpaired) electrons. The lowest BCUT2D eigenvalue weighted by molar-refractivity contribution is 0.0510. The number of hydrogen-bond acceptors (Lipinski definition) is 4. The van der Waals surface area contributed by atoms with Gasteiger partial charge in [0.1, 0.15) is 5.60 Å². The summed E-state index contributed by atoms with van der Waals surface area (Å²) in [5.41, 5.74) is -0.828. The Morgan fingerprint density at radius 1 is 1.23 bits per heavy atom. The van der Waals surface area contributed by atoms with Crippen LogP contribution in [0, 0.1) is 22.7 Å². The van der Waals surface area contributed by atoms with Gasteiger partial charge < -0.3 is 15.4 Å². The molecule has 5 nitrogen and oxygen atoms in total. The maximum atomic E-state index is 11.8. The Balaban J connectivity index is 2.45. The molecule has 2 N–H and O–H groups in total. The molecule has 22 heavy (non-hydrogen) atoms. The Labute approximate surface area is 134 Å². The fourth-order valence-electron chi connectivity index (χ4n) is 2.68. The van der Waals surface area contributed by atoms with E-state index < -0.39 is 5.60 Å². The molecule has 1 fully saturated rings. The first-order valence-corrected chi connectivity index (χ1v) is 8.24. The number of carbonyl (C=O) groups is 1. The predicted molar refractivity (Wildman–Crippen MR) is 87.4 cm³/mol. The molecule has 5 heteroatoms. The largest absolute Gasteiger partial charge is 0.444 e. The van der Waals surface area contributed by atoms with Gasteiger partial charge in [0.05, 0.1) is 11.5 Å². The molecule has 126 valence electrons. The van der Waals surface area contributed by atoms with Crippen molar-refractivity contribution < 1.29 is 9.53 Å². The van der Waals surface area contributed by atoms with Crippen LogP contribution >= 0.6 is 0 Å². The Hall–Kier alpha value is -1.28. The molecule has 1 aliphatic rings. The monoisotopic (exact) mass is 309 g/mol. The van der Waals surface area contributed by atoms with E-state index in [0.717, 1.165) is 12.8 Å². The molecule has 1 amide bonds. The molecule has 0 aliphatic heterocycles. The minimum atomic E-state index is -0.467. The maximum Gasteiger partial charge on any atom is 0.407 e. The quantitative estimate of drug-likeness (QED) is 0.818. The van der Waals surface area contributed by atoms with Crippen LogP contribution in [-0.2, 0) is 4.74 Å². The van der Waals surface area contributed by atoms with Crippen molar-refractivity contribution in [3.8, 4) is 6.07 Å². The van der Waals surface area contributed by atoms with Gasteiger partial charge in [0, 0.05) is 19.1 Å². The first-order valence-electron chi connectivity index (χ1n) is 8.24. The van der Waals surface area contributed by atoms with E-state index in [2.05, 4.69) is 16.7 Å². The van der Waals surface area contributed by atoms with Crippen LogP contribution in [-0.4, -0.2) is 30.8 Å². The zero-order chi connectivity index (χ0) is 16.8. The predicted octanol–water partition coefficient (Wildman–Crippen LogP) is 3.21. The van der Waals surface area contributed by atoms with E-state index in [9.17, 15) is 4.79 Å². The first kappa shape index (κ1) is 18.8. The number of rotatable bonds is 5. The van der Waals surface area contributed by atoms with Crippen LogP contribution in [0.5, 0.6) is 0 Å². The van der Waals surface area contributed by atoms with Gasteiger partial charge in [-0.1, -0.05) is 12.8 Å². The summed E-state index contributed by atoms with van der Waals surface area (Å²) in [6, 6.07) is 2.68. The average molecular weight is 309 g/mol. The summed E-state index contributed by atoms with van der Waals surface area (Å²) in [5, 5.41) is 15.5. The number of nitriles is 1. The second-order valence-electron chi connectivity index (χ2n) is 7.91. The van der Waals surface area contributed by atoms with E-state index in [-0.39, 0.29) is 11.5 Å². The fourth-order valence-corrected chi connectivity index (χ4v) is 2.68. The fraction of sp³-hybridized carbons (Fsp3) is 0.882. The first-order chi connectivity index (χ1) is 10.1. The van der Waals surface area contributed by atoms with E-state index in [0.29, 0.717) is 25.0 Å². The summed E-state index contributed by atoms with van der Waals surface area (Å²) in [7, 11) is 0. The van der Waals surface area contributed by atoms with Crippen LogP contribution in [0.25, 0.3) is 0 Å². The van der Waals surface area contributed by atoms with Gasteiger partial charge in [-0.15, -0.1) is 0 Å². The SMILES string of the molecule is CC(C)(C#N)CNC1CCCCC1CNC(=O)OC(C)(C)C. The van der Waals surface area contributed by atoms with Crippen LogP contribution < -0.4 is 10.6 Å². The summed E-state index contributed by atoms with van der Waals surface area (Å²) < 4.78 is 5.28. The highest BCUT2D eigenvalue weighted by Crippen LogP contribution is 2.25. The maximum absolute atomic E-state index is 11.8. The molecular formula is C17H31N3O2. The van der Waals surface area contributed by atoms with E-state index in [1.807, 2.05) is 34.6 Å². The van der Waals surface area contributed by atoms with Crippen LogP contribution in [0.2, 0.25) is 0 Å². The van der Waals surface area contributed by atoms with Crippen molar-refractivity contribution in [2.75, 3.05) is 13.1 Å². The van der Waals surface area contributed by atoms with E-state index in [4.69, 9.17) is 10.00 Å². The van der Waals surface area contributed by atoms with Crippen LogP contribution in [0.4, 0.5) is 4.79 Å². The molecule has 1 aliphatic carbocycles. The number of alkyl carbamates (subject to hydrolysis) is 1. The van der Waals surface area contributed by atoms with Gasteiger partial charge in [0.2, 0.25) is 0 Å². The summed E-state index contributed by atoms with van der Waals surface area (Å²) >= 11 is 0. The van der Waals surface area contributed by atoms with Crippen LogP contribution in [0.3, 0.4) is 0 Å². The second kappa shape index (κ2) is 7.82. The molecule has 1 saturated carbocycles. The highest BCUT2D eigenvalue weighted by molar-refractivity contribution is 5.67. The number of ether oxygens (including phenoxy) is 1. The summed E-state index contributed by atoms with van der Waals surface area (Å²) in [6.07, 6.45) is 4.24. The summed E-state index contributed by atoms with van der Waals surface area (Å²) in [6.45, 7) is 10.8. The number of carbonyl (C=O) groups excluding carboxylic acids is 1. The Morgan fingerprint density at radius 3 is 2.45 bits per heavy atom. The van der Waals surface area contributed by atoms with Gasteiger partial charge in [0.25, 0.3) is 0 Å². The Morgan fingerprint density at radius 2 is 1.86 bits per heavy atom. The lowest BCUT2D eigenvalue weighted by Crippen LogP contribution is -2.47.